The fraction of sp³-hybridized carbons (Fsp3) is 0.636. The molecule has 2 unspecified atom stereocenters. The molecule has 0 amide bonds. The lowest BCUT2D eigenvalue weighted by atomic mass is 10.0. The van der Waals surface area contributed by atoms with Crippen LogP contribution in [0.1, 0.15) is 36.9 Å². The van der Waals surface area contributed by atoms with E-state index in [0.29, 0.717) is 13.0 Å². The van der Waals surface area contributed by atoms with Crippen LogP contribution in [0.2, 0.25) is 0 Å². The maximum Gasteiger partial charge on any atom is 0.449 e. The van der Waals surface area contributed by atoms with Crippen molar-refractivity contribution in [1.82, 2.24) is 0 Å². The van der Waals surface area contributed by atoms with Crippen molar-refractivity contribution >= 4 is 0 Å². The Hall–Kier alpha value is -1.01. The predicted molar refractivity (Wildman–Crippen MR) is 54.2 cm³/mol. The van der Waals surface area contributed by atoms with Crippen LogP contribution >= 0.6 is 0 Å². The van der Waals surface area contributed by atoms with Crippen LogP contribution in [0.25, 0.3) is 0 Å². The van der Waals surface area contributed by atoms with E-state index in [9.17, 15) is 13.2 Å². The molecule has 0 aromatic carbocycles. The molecule has 0 aliphatic carbocycles. The Bertz CT molecular complexity index is 375. The van der Waals surface area contributed by atoms with E-state index >= 15 is 0 Å². The molecular formula is C11H14F3NO2. The normalized spacial score (nSPS) is 26.1. The Balaban J connectivity index is 2.09. The lowest BCUT2D eigenvalue weighted by Crippen LogP contribution is -2.29. The Morgan fingerprint density at radius 2 is 2.06 bits per heavy atom. The summed E-state index contributed by atoms with van der Waals surface area (Å²) in [5, 5.41) is 0. The van der Waals surface area contributed by atoms with Gasteiger partial charge in [0.25, 0.3) is 0 Å². The van der Waals surface area contributed by atoms with E-state index < -0.39 is 18.0 Å². The molecular weight excluding hydrogens is 235 g/mol. The minimum absolute atomic E-state index is 0.0896. The van der Waals surface area contributed by atoms with E-state index in [4.69, 9.17) is 14.9 Å². The van der Waals surface area contributed by atoms with Gasteiger partial charge in [0.2, 0.25) is 5.76 Å². The van der Waals surface area contributed by atoms with Crippen LogP contribution in [0.5, 0.6) is 0 Å². The maximum absolute atomic E-state index is 12.4. The van der Waals surface area contributed by atoms with E-state index in [2.05, 4.69) is 0 Å². The van der Waals surface area contributed by atoms with Crippen molar-refractivity contribution in [3.05, 3.63) is 23.7 Å². The Labute approximate surface area is 96.7 Å². The maximum atomic E-state index is 12.4. The van der Waals surface area contributed by atoms with Gasteiger partial charge in [-0.3, -0.25) is 0 Å². The Morgan fingerprint density at radius 1 is 1.29 bits per heavy atom. The molecule has 0 radical (unpaired) electrons. The summed E-state index contributed by atoms with van der Waals surface area (Å²) in [6.07, 6.45) is -2.54. The number of furan rings is 1. The summed E-state index contributed by atoms with van der Waals surface area (Å²) in [7, 11) is 0. The van der Waals surface area contributed by atoms with Gasteiger partial charge in [0.05, 0.1) is 6.10 Å². The fourth-order valence-electron chi connectivity index (χ4n) is 1.96. The first-order chi connectivity index (χ1) is 8.00. The minimum Gasteiger partial charge on any atom is -0.454 e. The molecule has 0 saturated carbocycles. The number of hydrogen-bond donors (Lipinski definition) is 1. The lowest BCUT2D eigenvalue weighted by molar-refractivity contribution is -0.155. The van der Waals surface area contributed by atoms with Crippen molar-refractivity contribution in [2.24, 2.45) is 5.73 Å². The summed E-state index contributed by atoms with van der Waals surface area (Å²) >= 11 is 0. The number of ether oxygens (including phenoxy) is 1. The third-order valence-electron chi connectivity index (χ3n) is 2.84. The second-order valence-corrected chi connectivity index (χ2v) is 4.11. The third kappa shape index (κ3) is 2.81. The Kier molecular flexibility index (Phi) is 3.44. The van der Waals surface area contributed by atoms with Crippen LogP contribution in [0, 0.1) is 0 Å². The topological polar surface area (TPSA) is 48.4 Å². The first-order valence-corrected chi connectivity index (χ1v) is 5.53. The summed E-state index contributed by atoms with van der Waals surface area (Å²) in [5.41, 5.74) is 5.48. The van der Waals surface area contributed by atoms with Gasteiger partial charge >= 0.3 is 6.18 Å². The smallest absolute Gasteiger partial charge is 0.449 e. The summed E-state index contributed by atoms with van der Waals surface area (Å²) in [6.45, 7) is 0.378. The molecule has 1 aliphatic rings. The van der Waals surface area contributed by atoms with E-state index in [1.807, 2.05) is 0 Å². The molecule has 17 heavy (non-hydrogen) atoms. The minimum atomic E-state index is -4.44. The van der Waals surface area contributed by atoms with Crippen molar-refractivity contribution in [3.63, 3.8) is 0 Å². The molecule has 96 valence electrons. The van der Waals surface area contributed by atoms with Crippen molar-refractivity contribution < 1.29 is 22.3 Å². The molecule has 1 aliphatic heterocycles. The van der Waals surface area contributed by atoms with Crippen molar-refractivity contribution in [3.8, 4) is 0 Å². The van der Waals surface area contributed by atoms with Crippen LogP contribution in [-0.4, -0.2) is 12.6 Å². The van der Waals surface area contributed by atoms with Crippen molar-refractivity contribution in [2.75, 3.05) is 6.54 Å². The highest BCUT2D eigenvalue weighted by atomic mass is 19.4. The monoisotopic (exact) mass is 249 g/mol. The number of rotatable bonds is 2. The lowest BCUT2D eigenvalue weighted by Gasteiger charge is -2.27. The molecule has 1 aromatic heterocycles. The highest BCUT2D eigenvalue weighted by Gasteiger charge is 2.36. The van der Waals surface area contributed by atoms with E-state index in [-0.39, 0.29) is 11.9 Å². The molecule has 6 heteroatoms. The number of hydrogen-bond acceptors (Lipinski definition) is 3. The SMILES string of the molecule is NCC1CCCC(c2ccc(C(F)(F)F)o2)O1. The van der Waals surface area contributed by atoms with Crippen LogP contribution in [0.15, 0.2) is 16.5 Å². The molecule has 1 saturated heterocycles. The second kappa shape index (κ2) is 4.70. The number of alkyl halides is 3. The van der Waals surface area contributed by atoms with Gasteiger partial charge in [-0.15, -0.1) is 0 Å². The van der Waals surface area contributed by atoms with Crippen molar-refractivity contribution in [1.29, 1.82) is 0 Å². The molecule has 1 fully saturated rings. The molecule has 2 atom stereocenters. The second-order valence-electron chi connectivity index (χ2n) is 4.11. The van der Waals surface area contributed by atoms with Gasteiger partial charge in [-0.2, -0.15) is 13.2 Å². The third-order valence-corrected chi connectivity index (χ3v) is 2.84. The summed E-state index contributed by atoms with van der Waals surface area (Å²) in [5.74, 6) is -0.749. The number of nitrogens with two attached hydrogens (primary N) is 1. The molecule has 0 bridgehead atoms. The highest BCUT2D eigenvalue weighted by Crippen LogP contribution is 2.36. The average molecular weight is 249 g/mol. The van der Waals surface area contributed by atoms with Gasteiger partial charge in [-0.1, -0.05) is 0 Å². The standard InChI is InChI=1S/C11H14F3NO2/c12-11(13,14)10-5-4-9(17-10)8-3-1-2-7(6-15)16-8/h4-5,7-8H,1-3,6,15H2. The zero-order valence-electron chi connectivity index (χ0n) is 9.17. The predicted octanol–water partition coefficient (Wildman–Crippen LogP) is 2.87. The van der Waals surface area contributed by atoms with Crippen molar-refractivity contribution in [2.45, 2.75) is 37.6 Å². The van der Waals surface area contributed by atoms with Gasteiger partial charge in [0.1, 0.15) is 11.9 Å². The van der Waals surface area contributed by atoms with E-state index in [1.54, 1.807) is 0 Å². The molecule has 3 nitrogen and oxygen atoms in total. The zero-order valence-corrected chi connectivity index (χ0v) is 9.17. The quantitative estimate of drug-likeness (QED) is 0.876. The van der Waals surface area contributed by atoms with Gasteiger partial charge in [-0.25, -0.2) is 0 Å². The van der Waals surface area contributed by atoms with E-state index in [0.717, 1.165) is 18.9 Å². The van der Waals surface area contributed by atoms with Crippen LogP contribution < -0.4 is 5.73 Å². The zero-order chi connectivity index (χ0) is 12.5. The van der Waals surface area contributed by atoms with Gasteiger partial charge in [0, 0.05) is 6.54 Å². The average Bonchev–Trinajstić information content (AvgIpc) is 2.78. The van der Waals surface area contributed by atoms with Gasteiger partial charge in [-0.05, 0) is 31.4 Å². The van der Waals surface area contributed by atoms with E-state index in [1.165, 1.54) is 6.07 Å². The first-order valence-electron chi connectivity index (χ1n) is 5.53. The largest absolute Gasteiger partial charge is 0.454 e. The summed E-state index contributed by atoms with van der Waals surface area (Å²) < 4.78 is 47.4. The summed E-state index contributed by atoms with van der Waals surface area (Å²) in [4.78, 5) is 0. The number of halogens is 3. The molecule has 0 spiro atoms. The van der Waals surface area contributed by atoms with Crippen LogP contribution in [0.4, 0.5) is 13.2 Å². The fourth-order valence-corrected chi connectivity index (χ4v) is 1.96. The summed E-state index contributed by atoms with van der Waals surface area (Å²) in [6, 6.07) is 2.26. The first kappa shape index (κ1) is 12.4. The molecule has 2 N–H and O–H groups in total. The molecule has 1 aromatic rings. The van der Waals surface area contributed by atoms with Gasteiger partial charge < -0.3 is 14.9 Å². The van der Waals surface area contributed by atoms with Gasteiger partial charge in [0.15, 0.2) is 0 Å². The Morgan fingerprint density at radius 3 is 2.65 bits per heavy atom. The van der Waals surface area contributed by atoms with Crippen LogP contribution in [-0.2, 0) is 10.9 Å². The molecule has 2 rings (SSSR count). The van der Waals surface area contributed by atoms with Crippen LogP contribution in [0.3, 0.4) is 0 Å². The highest BCUT2D eigenvalue weighted by molar-refractivity contribution is 5.12. The molecule has 2 heterocycles.